The zero-order chi connectivity index (χ0) is 23.5. The summed E-state index contributed by atoms with van der Waals surface area (Å²) in [6.07, 6.45) is 0.801. The lowest BCUT2D eigenvalue weighted by atomic mass is 10.1. The Morgan fingerprint density at radius 2 is 2.09 bits per heavy atom. The molecule has 2 amide bonds. The molecule has 0 unspecified atom stereocenters. The van der Waals surface area contributed by atoms with Crippen LogP contribution in [0, 0.1) is 6.92 Å². The molecule has 10 heteroatoms. The fourth-order valence-corrected chi connectivity index (χ4v) is 4.64. The molecule has 2 aromatic carbocycles. The van der Waals surface area contributed by atoms with E-state index in [4.69, 9.17) is 32.7 Å². The van der Waals surface area contributed by atoms with Crippen molar-refractivity contribution in [1.82, 2.24) is 4.98 Å². The van der Waals surface area contributed by atoms with Gasteiger partial charge in [0.2, 0.25) is 5.91 Å². The number of ether oxygens (including phenoxy) is 2. The van der Waals surface area contributed by atoms with Crippen LogP contribution in [0.2, 0.25) is 10.0 Å². The molecule has 0 fully saturated rings. The molecule has 2 heterocycles. The van der Waals surface area contributed by atoms with Gasteiger partial charge in [-0.25, -0.2) is 4.98 Å². The van der Waals surface area contributed by atoms with E-state index < -0.39 is 0 Å². The molecule has 4 rings (SSSR count). The second-order valence-electron chi connectivity index (χ2n) is 7.42. The number of rotatable bonds is 7. The lowest BCUT2D eigenvalue weighted by Gasteiger charge is -2.26. The molecule has 0 saturated heterocycles. The van der Waals surface area contributed by atoms with Gasteiger partial charge in [0.1, 0.15) is 11.5 Å². The second kappa shape index (κ2) is 9.99. The number of anilines is 2. The first-order chi connectivity index (χ1) is 15.8. The van der Waals surface area contributed by atoms with Gasteiger partial charge < -0.3 is 19.7 Å². The number of carbonyl (C=O) groups excluding carboxylic acids is 2. The van der Waals surface area contributed by atoms with Gasteiger partial charge in [-0.15, -0.1) is 11.3 Å². The minimum Gasteiger partial charge on any atom is -0.492 e. The van der Waals surface area contributed by atoms with Gasteiger partial charge in [0.05, 0.1) is 23.0 Å². The predicted octanol–water partition coefficient (Wildman–Crippen LogP) is 5.58. The molecule has 7 nitrogen and oxygen atoms in total. The van der Waals surface area contributed by atoms with Gasteiger partial charge in [0.15, 0.2) is 11.7 Å². The summed E-state index contributed by atoms with van der Waals surface area (Å²) < 4.78 is 11.1. The van der Waals surface area contributed by atoms with E-state index >= 15 is 0 Å². The van der Waals surface area contributed by atoms with Crippen LogP contribution in [-0.2, 0) is 9.59 Å². The Kier molecular flexibility index (Phi) is 7.07. The van der Waals surface area contributed by atoms with Crippen molar-refractivity contribution in [3.63, 3.8) is 0 Å². The Labute approximate surface area is 205 Å². The van der Waals surface area contributed by atoms with Gasteiger partial charge in [-0.2, -0.15) is 0 Å². The fourth-order valence-electron chi connectivity index (χ4n) is 3.33. The highest BCUT2D eigenvalue weighted by atomic mass is 35.5. The molecular formula is C23H21Cl2N3O4S. The molecule has 0 radical (unpaired) electrons. The molecule has 0 saturated carbocycles. The molecular weight excluding hydrogens is 485 g/mol. The minimum atomic E-state index is -0.148. The summed E-state index contributed by atoms with van der Waals surface area (Å²) in [7, 11) is 1.72. The zero-order valence-electron chi connectivity index (χ0n) is 18.0. The van der Waals surface area contributed by atoms with Crippen molar-refractivity contribution in [2.45, 2.75) is 19.8 Å². The average molecular weight is 506 g/mol. The highest BCUT2D eigenvalue weighted by molar-refractivity contribution is 7.16. The van der Waals surface area contributed by atoms with E-state index in [1.54, 1.807) is 30.1 Å². The summed E-state index contributed by atoms with van der Waals surface area (Å²) in [5.41, 5.74) is 2.30. The molecule has 0 aliphatic carbocycles. The first-order valence-corrected chi connectivity index (χ1v) is 11.8. The van der Waals surface area contributed by atoms with E-state index in [9.17, 15) is 9.59 Å². The lowest BCUT2D eigenvalue weighted by Crippen LogP contribution is -2.35. The van der Waals surface area contributed by atoms with Crippen LogP contribution in [0.5, 0.6) is 11.5 Å². The summed E-state index contributed by atoms with van der Waals surface area (Å²) in [5, 5.41) is 4.34. The van der Waals surface area contributed by atoms with E-state index in [-0.39, 0.29) is 24.8 Å². The van der Waals surface area contributed by atoms with E-state index in [0.717, 1.165) is 16.1 Å². The van der Waals surface area contributed by atoms with Crippen molar-refractivity contribution in [3.8, 4) is 22.8 Å². The normalized spacial score (nSPS) is 12.8. The number of halogens is 2. The number of nitrogens with zero attached hydrogens (tertiary/aromatic N) is 2. The van der Waals surface area contributed by atoms with Crippen LogP contribution in [0.3, 0.4) is 0 Å². The SMILES string of the molecule is Cc1sc(NC(=O)CCCOc2ccc(Cl)cc2Cl)nc1-c1ccc2c(c1)N(C)C(=O)CO2. The monoisotopic (exact) mass is 505 g/mol. The number of aryl methyl sites for hydroxylation is 1. The molecule has 1 aromatic heterocycles. The summed E-state index contributed by atoms with van der Waals surface area (Å²) in [6, 6.07) is 10.6. The fraction of sp³-hybridized carbons (Fsp3) is 0.261. The maximum atomic E-state index is 12.4. The second-order valence-corrected chi connectivity index (χ2v) is 9.47. The number of amides is 2. The van der Waals surface area contributed by atoms with Gasteiger partial charge >= 0.3 is 0 Å². The van der Waals surface area contributed by atoms with Crippen molar-refractivity contribution in [3.05, 3.63) is 51.3 Å². The van der Waals surface area contributed by atoms with Gasteiger partial charge in [-0.05, 0) is 49.7 Å². The molecule has 0 atom stereocenters. The summed E-state index contributed by atoms with van der Waals surface area (Å²) in [6.45, 7) is 2.32. The minimum absolute atomic E-state index is 0.0343. The van der Waals surface area contributed by atoms with Crippen LogP contribution in [0.15, 0.2) is 36.4 Å². The number of likely N-dealkylation sites (N-methyl/N-ethyl adjacent to an activating group) is 1. The predicted molar refractivity (Wildman–Crippen MR) is 131 cm³/mol. The Morgan fingerprint density at radius 3 is 2.88 bits per heavy atom. The van der Waals surface area contributed by atoms with Crippen molar-refractivity contribution in [1.29, 1.82) is 0 Å². The average Bonchev–Trinajstić information content (AvgIpc) is 3.14. The maximum absolute atomic E-state index is 12.4. The van der Waals surface area contributed by atoms with Crippen LogP contribution in [0.1, 0.15) is 17.7 Å². The third-order valence-electron chi connectivity index (χ3n) is 5.06. The first-order valence-electron chi connectivity index (χ1n) is 10.2. The van der Waals surface area contributed by atoms with Gasteiger partial charge in [-0.3, -0.25) is 9.59 Å². The van der Waals surface area contributed by atoms with Gasteiger partial charge in [-0.1, -0.05) is 23.2 Å². The Hall–Kier alpha value is -2.81. The van der Waals surface area contributed by atoms with E-state index in [1.165, 1.54) is 11.3 Å². The summed E-state index contributed by atoms with van der Waals surface area (Å²) in [4.78, 5) is 31.4. The molecule has 0 bridgehead atoms. The molecule has 33 heavy (non-hydrogen) atoms. The number of fused-ring (bicyclic) bond motifs is 1. The van der Waals surface area contributed by atoms with Crippen LogP contribution in [0.25, 0.3) is 11.3 Å². The molecule has 1 aliphatic rings. The number of aromatic nitrogens is 1. The number of nitrogens with one attached hydrogen (secondary N) is 1. The number of thiazole rings is 1. The number of hydrogen-bond acceptors (Lipinski definition) is 6. The molecule has 1 N–H and O–H groups in total. The standard InChI is InChI=1S/C23H21Cl2N3O4S/c1-13-22(14-5-7-19-17(10-14)28(2)21(30)12-32-19)27-23(33-13)26-20(29)4-3-9-31-18-8-6-15(24)11-16(18)25/h5-8,10-11H,3-4,9,12H2,1-2H3,(H,26,27,29). The number of benzene rings is 2. The van der Waals surface area contributed by atoms with Crippen molar-refractivity contribution >= 4 is 57.2 Å². The summed E-state index contributed by atoms with van der Waals surface area (Å²) >= 11 is 13.4. The number of carbonyl (C=O) groups is 2. The maximum Gasteiger partial charge on any atom is 0.264 e. The lowest BCUT2D eigenvalue weighted by molar-refractivity contribution is -0.121. The van der Waals surface area contributed by atoms with Crippen molar-refractivity contribution < 1.29 is 19.1 Å². The largest absolute Gasteiger partial charge is 0.492 e. The van der Waals surface area contributed by atoms with Gasteiger partial charge in [0.25, 0.3) is 5.91 Å². The van der Waals surface area contributed by atoms with Crippen LogP contribution in [0.4, 0.5) is 10.8 Å². The Morgan fingerprint density at radius 1 is 1.27 bits per heavy atom. The quantitative estimate of drug-likeness (QED) is 0.424. The highest BCUT2D eigenvalue weighted by Crippen LogP contribution is 2.38. The topological polar surface area (TPSA) is 80.8 Å². The van der Waals surface area contributed by atoms with E-state index in [2.05, 4.69) is 10.3 Å². The number of hydrogen-bond donors (Lipinski definition) is 1. The van der Waals surface area contributed by atoms with Gasteiger partial charge in [0, 0.05) is 28.9 Å². The Bertz CT molecular complexity index is 1210. The molecule has 172 valence electrons. The summed E-state index contributed by atoms with van der Waals surface area (Å²) in [5.74, 6) is 0.934. The van der Waals surface area contributed by atoms with Crippen LogP contribution >= 0.6 is 34.5 Å². The van der Waals surface area contributed by atoms with Crippen molar-refractivity contribution in [2.75, 3.05) is 30.5 Å². The third kappa shape index (κ3) is 5.40. The molecule has 0 spiro atoms. The molecule has 3 aromatic rings. The van der Waals surface area contributed by atoms with Crippen LogP contribution in [-0.4, -0.2) is 37.1 Å². The highest BCUT2D eigenvalue weighted by Gasteiger charge is 2.23. The van der Waals surface area contributed by atoms with E-state index in [1.807, 2.05) is 25.1 Å². The van der Waals surface area contributed by atoms with Crippen molar-refractivity contribution in [2.24, 2.45) is 0 Å². The first kappa shape index (κ1) is 23.4. The third-order valence-corrected chi connectivity index (χ3v) is 6.48. The van der Waals surface area contributed by atoms with Crippen LogP contribution < -0.4 is 19.7 Å². The van der Waals surface area contributed by atoms with E-state index in [0.29, 0.717) is 45.4 Å². The smallest absolute Gasteiger partial charge is 0.264 e. The zero-order valence-corrected chi connectivity index (χ0v) is 20.3. The molecule has 1 aliphatic heterocycles. The Balaban J connectivity index is 1.35.